The average molecular weight is 437 g/mol. The highest BCUT2D eigenvalue weighted by Crippen LogP contribution is 2.07. The van der Waals surface area contributed by atoms with Crippen LogP contribution in [0.4, 0.5) is 0 Å². The fourth-order valence-corrected chi connectivity index (χ4v) is 2.83. The second kappa shape index (κ2) is 12.9. The molecule has 0 radical (unpaired) electrons. The Morgan fingerprint density at radius 3 is 1.75 bits per heavy atom. The van der Waals surface area contributed by atoms with Crippen molar-refractivity contribution in [1.82, 2.24) is 16.0 Å². The van der Waals surface area contributed by atoms with Gasteiger partial charge < -0.3 is 26.8 Å². The number of hydrogen-bond acceptors (Lipinski definition) is 7. The zero-order valence-electron chi connectivity index (χ0n) is 16.6. The number of thiol groups is 2. The van der Waals surface area contributed by atoms with E-state index in [9.17, 15) is 19.2 Å². The van der Waals surface area contributed by atoms with Crippen LogP contribution in [0.2, 0.25) is 0 Å². The molecule has 0 aliphatic carbocycles. The molecule has 0 spiro atoms. The highest BCUT2D eigenvalue weighted by molar-refractivity contribution is 7.80. The van der Waals surface area contributed by atoms with Crippen molar-refractivity contribution < 1.29 is 24.3 Å². The number of amides is 3. The predicted octanol–water partition coefficient (Wildman–Crippen LogP) is -0.586. The molecular formula is C17H32N4O5S2. The molecule has 0 aliphatic rings. The van der Waals surface area contributed by atoms with Crippen LogP contribution in [0.3, 0.4) is 0 Å². The van der Waals surface area contributed by atoms with E-state index in [2.05, 4.69) is 41.2 Å². The van der Waals surface area contributed by atoms with Crippen molar-refractivity contribution in [2.45, 2.75) is 58.3 Å². The molecule has 28 heavy (non-hydrogen) atoms. The van der Waals surface area contributed by atoms with Crippen LogP contribution >= 0.6 is 25.3 Å². The third kappa shape index (κ3) is 9.16. The quantitative estimate of drug-likeness (QED) is 0.203. The molecule has 6 N–H and O–H groups in total. The molecule has 3 amide bonds. The average Bonchev–Trinajstić information content (AvgIpc) is 2.59. The first-order chi connectivity index (χ1) is 12.9. The lowest BCUT2D eigenvalue weighted by atomic mass is 10.00. The number of carbonyl (C=O) groups excluding carboxylic acids is 3. The minimum Gasteiger partial charge on any atom is -0.480 e. The standard InChI is InChI=1S/C17H32N4O5S2/c1-8(2)5-10(18)14(22)21-13(9(3)4)16(24)19-11(6-27)15(23)20-12(7-28)17(25)26/h8-13,27-28H,5-7,18H2,1-4H3,(H,19,24)(H,20,23)(H,21,22)(H,25,26). The monoisotopic (exact) mass is 436 g/mol. The van der Waals surface area contributed by atoms with Gasteiger partial charge in [0.2, 0.25) is 17.7 Å². The zero-order chi connectivity index (χ0) is 22.0. The summed E-state index contributed by atoms with van der Waals surface area (Å²) in [7, 11) is 0. The van der Waals surface area contributed by atoms with Gasteiger partial charge in [0.25, 0.3) is 0 Å². The first-order valence-electron chi connectivity index (χ1n) is 9.05. The number of nitrogens with two attached hydrogens (primary N) is 1. The second-order valence-electron chi connectivity index (χ2n) is 7.29. The van der Waals surface area contributed by atoms with Crippen molar-refractivity contribution in [2.24, 2.45) is 17.6 Å². The van der Waals surface area contributed by atoms with E-state index < -0.39 is 47.9 Å². The van der Waals surface area contributed by atoms with Gasteiger partial charge in [0, 0.05) is 11.5 Å². The Labute approximate surface area is 176 Å². The molecule has 0 bridgehead atoms. The Balaban J connectivity index is 5.07. The van der Waals surface area contributed by atoms with Crippen molar-refractivity contribution in [1.29, 1.82) is 0 Å². The summed E-state index contributed by atoms with van der Waals surface area (Å²) in [5, 5.41) is 16.4. The van der Waals surface area contributed by atoms with Gasteiger partial charge in [-0.2, -0.15) is 25.3 Å². The Kier molecular flexibility index (Phi) is 12.2. The fraction of sp³-hybridized carbons (Fsp3) is 0.765. The van der Waals surface area contributed by atoms with E-state index in [-0.39, 0.29) is 23.3 Å². The summed E-state index contributed by atoms with van der Waals surface area (Å²) >= 11 is 7.92. The van der Waals surface area contributed by atoms with E-state index in [0.29, 0.717) is 6.42 Å². The van der Waals surface area contributed by atoms with Crippen molar-refractivity contribution in [2.75, 3.05) is 11.5 Å². The molecule has 0 heterocycles. The van der Waals surface area contributed by atoms with E-state index in [1.807, 2.05) is 13.8 Å². The maximum Gasteiger partial charge on any atom is 0.327 e. The number of nitrogens with one attached hydrogen (secondary N) is 3. The van der Waals surface area contributed by atoms with Crippen LogP contribution in [0.5, 0.6) is 0 Å². The number of carboxylic acid groups (broad SMARTS) is 1. The summed E-state index contributed by atoms with van der Waals surface area (Å²) < 4.78 is 0. The molecule has 0 saturated heterocycles. The van der Waals surface area contributed by atoms with Gasteiger partial charge in [-0.3, -0.25) is 14.4 Å². The molecule has 11 heteroatoms. The van der Waals surface area contributed by atoms with Crippen LogP contribution in [-0.2, 0) is 19.2 Å². The Hall–Kier alpha value is -1.46. The molecule has 9 nitrogen and oxygen atoms in total. The molecule has 0 aromatic carbocycles. The number of hydrogen-bond donors (Lipinski definition) is 7. The van der Waals surface area contributed by atoms with E-state index in [1.165, 1.54) is 0 Å². The molecule has 0 aromatic heterocycles. The number of aliphatic carboxylic acids is 1. The van der Waals surface area contributed by atoms with Gasteiger partial charge in [0.1, 0.15) is 18.1 Å². The first-order valence-corrected chi connectivity index (χ1v) is 10.3. The Morgan fingerprint density at radius 2 is 1.36 bits per heavy atom. The van der Waals surface area contributed by atoms with Gasteiger partial charge in [0.15, 0.2) is 0 Å². The van der Waals surface area contributed by atoms with Crippen LogP contribution in [0, 0.1) is 11.8 Å². The van der Waals surface area contributed by atoms with E-state index >= 15 is 0 Å². The lowest BCUT2D eigenvalue weighted by Gasteiger charge is -2.26. The van der Waals surface area contributed by atoms with Gasteiger partial charge >= 0.3 is 5.97 Å². The van der Waals surface area contributed by atoms with Crippen LogP contribution in [0.15, 0.2) is 0 Å². The van der Waals surface area contributed by atoms with E-state index in [0.717, 1.165) is 0 Å². The number of rotatable bonds is 12. The minimum absolute atomic E-state index is 0.0535. The van der Waals surface area contributed by atoms with Crippen LogP contribution in [0.1, 0.15) is 34.1 Å². The predicted molar refractivity (Wildman–Crippen MR) is 113 cm³/mol. The van der Waals surface area contributed by atoms with Gasteiger partial charge in [-0.05, 0) is 18.3 Å². The second-order valence-corrected chi connectivity index (χ2v) is 8.02. The molecule has 4 unspecified atom stereocenters. The molecule has 4 atom stereocenters. The van der Waals surface area contributed by atoms with Gasteiger partial charge in [-0.1, -0.05) is 27.7 Å². The molecule has 0 saturated carbocycles. The van der Waals surface area contributed by atoms with Crippen molar-refractivity contribution >= 4 is 48.9 Å². The largest absolute Gasteiger partial charge is 0.480 e. The summed E-state index contributed by atoms with van der Waals surface area (Å²) in [5.41, 5.74) is 5.86. The topological polar surface area (TPSA) is 151 Å². The molecule has 0 rings (SSSR count). The zero-order valence-corrected chi connectivity index (χ0v) is 18.4. The maximum atomic E-state index is 12.6. The highest BCUT2D eigenvalue weighted by Gasteiger charge is 2.31. The number of carbonyl (C=O) groups is 4. The summed E-state index contributed by atoms with van der Waals surface area (Å²) in [4.78, 5) is 48.2. The fourth-order valence-electron chi connectivity index (χ4n) is 2.32. The Bertz CT molecular complexity index is 560. The lowest BCUT2D eigenvalue weighted by molar-refractivity contribution is -0.141. The lowest BCUT2D eigenvalue weighted by Crippen LogP contribution is -2.59. The van der Waals surface area contributed by atoms with Crippen molar-refractivity contribution in [3.63, 3.8) is 0 Å². The summed E-state index contributed by atoms with van der Waals surface area (Å²) in [6.07, 6.45) is 0.472. The summed E-state index contributed by atoms with van der Waals surface area (Å²) in [6, 6.07) is -3.91. The van der Waals surface area contributed by atoms with Gasteiger partial charge in [0.05, 0.1) is 6.04 Å². The maximum absolute atomic E-state index is 12.6. The third-order valence-corrected chi connectivity index (χ3v) is 4.65. The molecule has 0 fully saturated rings. The highest BCUT2D eigenvalue weighted by atomic mass is 32.1. The van der Waals surface area contributed by atoms with Gasteiger partial charge in [-0.25, -0.2) is 4.79 Å². The normalized spacial score (nSPS) is 15.5. The first kappa shape index (κ1) is 26.5. The smallest absolute Gasteiger partial charge is 0.327 e. The molecule has 0 aliphatic heterocycles. The van der Waals surface area contributed by atoms with Gasteiger partial charge in [-0.15, -0.1) is 0 Å². The van der Waals surface area contributed by atoms with E-state index in [4.69, 9.17) is 10.8 Å². The van der Waals surface area contributed by atoms with Crippen molar-refractivity contribution in [3.05, 3.63) is 0 Å². The number of carboxylic acids is 1. The van der Waals surface area contributed by atoms with Crippen molar-refractivity contribution in [3.8, 4) is 0 Å². The minimum atomic E-state index is -1.24. The summed E-state index contributed by atoms with van der Waals surface area (Å²) in [6.45, 7) is 7.36. The summed E-state index contributed by atoms with van der Waals surface area (Å²) in [5.74, 6) is -3.16. The molecule has 162 valence electrons. The Morgan fingerprint density at radius 1 is 0.857 bits per heavy atom. The van der Waals surface area contributed by atoms with E-state index in [1.54, 1.807) is 13.8 Å². The van der Waals surface area contributed by atoms with Crippen LogP contribution in [-0.4, -0.2) is 64.5 Å². The third-order valence-electron chi connectivity index (χ3n) is 3.92. The van der Waals surface area contributed by atoms with Crippen LogP contribution in [0.25, 0.3) is 0 Å². The molecule has 0 aromatic rings. The van der Waals surface area contributed by atoms with Crippen LogP contribution < -0.4 is 21.7 Å². The molecular weight excluding hydrogens is 404 g/mol. The SMILES string of the molecule is CC(C)CC(N)C(=O)NC(C(=O)NC(CS)C(=O)NC(CS)C(=O)O)C(C)C.